The van der Waals surface area contributed by atoms with E-state index in [1.807, 2.05) is 0 Å². The van der Waals surface area contributed by atoms with Crippen molar-refractivity contribution in [1.29, 1.82) is 0 Å². The van der Waals surface area contributed by atoms with Crippen molar-refractivity contribution in [2.24, 2.45) is 0 Å². The molecule has 0 amide bonds. The fourth-order valence-corrected chi connectivity index (χ4v) is 7.97. The van der Waals surface area contributed by atoms with Gasteiger partial charge in [0, 0.05) is 5.33 Å². The fourth-order valence-electron chi connectivity index (χ4n) is 2.17. The molecular formula is C15H23Br3Si. The summed E-state index contributed by atoms with van der Waals surface area (Å²) < 4.78 is 0. The first kappa shape index (κ1) is 17.9. The maximum atomic E-state index is 3.96. The topological polar surface area (TPSA) is 0 Å². The summed E-state index contributed by atoms with van der Waals surface area (Å²) in [4.78, 5) is 0. The summed E-state index contributed by atoms with van der Waals surface area (Å²) in [5, 5.41) is -0.246. The quantitative estimate of drug-likeness (QED) is 0.154. The molecule has 0 aliphatic heterocycles. The van der Waals surface area contributed by atoms with Crippen molar-refractivity contribution in [3.8, 4) is 0 Å². The minimum Gasteiger partial charge on any atom is -0.111 e. The molecule has 0 nitrogen and oxygen atoms in total. The van der Waals surface area contributed by atoms with Crippen LogP contribution in [0.2, 0.25) is 6.04 Å². The molecule has 0 spiro atoms. The van der Waals surface area contributed by atoms with Crippen LogP contribution in [0, 0.1) is 0 Å². The normalized spacial score (nSPS) is 11.7. The Labute approximate surface area is 143 Å². The summed E-state index contributed by atoms with van der Waals surface area (Å²) in [7, 11) is 0. The Kier molecular flexibility index (Phi) is 9.98. The van der Waals surface area contributed by atoms with Crippen LogP contribution >= 0.6 is 46.5 Å². The molecular weight excluding hydrogens is 448 g/mol. The van der Waals surface area contributed by atoms with Crippen LogP contribution in [0.5, 0.6) is 0 Å². The molecule has 0 N–H and O–H groups in total. The van der Waals surface area contributed by atoms with Crippen molar-refractivity contribution in [1.82, 2.24) is 0 Å². The fraction of sp³-hybridized carbons (Fsp3) is 0.600. The van der Waals surface area contributed by atoms with E-state index in [1.54, 1.807) is 0 Å². The number of alkyl halides is 1. The molecule has 1 rings (SSSR count). The Hall–Kier alpha value is 0.877. The highest BCUT2D eigenvalue weighted by Crippen LogP contribution is 2.31. The molecule has 4 heteroatoms. The lowest BCUT2D eigenvalue weighted by molar-refractivity contribution is 0.626. The third-order valence-corrected chi connectivity index (χ3v) is 9.86. The standard InChI is InChI=1S/C15H23Br3Si/c16-12-8-3-1-2-4-9-13-19(17,18)14-15-10-6-5-7-11-15/h5-7,10-11H,1-4,8-9,12-14H2. The molecule has 0 aliphatic carbocycles. The number of hydrogen-bond donors (Lipinski definition) is 0. The number of benzene rings is 1. The monoisotopic (exact) mass is 468 g/mol. The molecule has 0 aromatic heterocycles. The summed E-state index contributed by atoms with van der Waals surface area (Å²) in [6, 6.07) is 13.3. The first-order valence-corrected chi connectivity index (χ1v) is 15.2. The van der Waals surface area contributed by atoms with E-state index in [-0.39, 0.29) is 0 Å². The van der Waals surface area contributed by atoms with Gasteiger partial charge in [0.15, 0.2) is 0 Å². The highest BCUT2D eigenvalue weighted by atomic mass is 79.9. The Morgan fingerprint density at radius 3 is 2.00 bits per heavy atom. The van der Waals surface area contributed by atoms with Crippen molar-refractivity contribution >= 4 is 51.8 Å². The smallest absolute Gasteiger partial charge is 0.111 e. The highest BCUT2D eigenvalue weighted by molar-refractivity contribution is 9.51. The molecule has 0 heterocycles. The highest BCUT2D eigenvalue weighted by Gasteiger charge is 2.26. The molecule has 19 heavy (non-hydrogen) atoms. The second-order valence-electron chi connectivity index (χ2n) is 5.08. The van der Waals surface area contributed by atoms with Crippen LogP contribution in [0.25, 0.3) is 0 Å². The van der Waals surface area contributed by atoms with Crippen molar-refractivity contribution in [3.05, 3.63) is 35.9 Å². The second-order valence-corrected chi connectivity index (χ2v) is 20.7. The van der Waals surface area contributed by atoms with E-state index in [4.69, 9.17) is 0 Å². The average Bonchev–Trinajstić information content (AvgIpc) is 2.38. The Balaban J connectivity index is 2.13. The summed E-state index contributed by atoms with van der Waals surface area (Å²) >= 11 is 11.4. The number of rotatable bonds is 10. The maximum absolute atomic E-state index is 3.96. The van der Waals surface area contributed by atoms with Crippen LogP contribution in [0.15, 0.2) is 30.3 Å². The Bertz CT molecular complexity index is 327. The van der Waals surface area contributed by atoms with Crippen molar-refractivity contribution in [3.63, 3.8) is 0 Å². The van der Waals surface area contributed by atoms with Gasteiger partial charge in [-0.2, -0.15) is 0 Å². The maximum Gasteiger partial charge on any atom is 0.205 e. The molecule has 0 unspecified atom stereocenters. The SMILES string of the molecule is BrCCCCCCCC[Si](Br)(Br)Cc1ccccc1. The lowest BCUT2D eigenvalue weighted by Crippen LogP contribution is -2.21. The molecule has 0 aliphatic rings. The lowest BCUT2D eigenvalue weighted by atomic mass is 10.1. The molecule has 0 bridgehead atoms. The number of hydrogen-bond acceptors (Lipinski definition) is 0. The Morgan fingerprint density at radius 1 is 0.789 bits per heavy atom. The second kappa shape index (κ2) is 10.6. The number of unbranched alkanes of at least 4 members (excludes halogenated alkanes) is 5. The van der Waals surface area contributed by atoms with Crippen LogP contribution in [-0.4, -0.2) is 10.6 Å². The molecule has 1 aromatic rings. The predicted molar refractivity (Wildman–Crippen MR) is 100 cm³/mol. The molecule has 0 fully saturated rings. The van der Waals surface area contributed by atoms with Gasteiger partial charge < -0.3 is 0 Å². The van der Waals surface area contributed by atoms with Gasteiger partial charge in [0.25, 0.3) is 0 Å². The van der Waals surface area contributed by atoms with Gasteiger partial charge in [-0.15, -0.1) is 30.6 Å². The van der Waals surface area contributed by atoms with Crippen LogP contribution in [0.4, 0.5) is 0 Å². The van der Waals surface area contributed by atoms with Crippen molar-refractivity contribution < 1.29 is 0 Å². The van der Waals surface area contributed by atoms with Gasteiger partial charge in [0.2, 0.25) is 5.31 Å². The third kappa shape index (κ3) is 9.43. The van der Waals surface area contributed by atoms with E-state index in [9.17, 15) is 0 Å². The van der Waals surface area contributed by atoms with Crippen LogP contribution in [0.3, 0.4) is 0 Å². The molecule has 1 aromatic carbocycles. The van der Waals surface area contributed by atoms with Crippen LogP contribution < -0.4 is 0 Å². The molecule has 0 atom stereocenters. The summed E-state index contributed by atoms with van der Waals surface area (Å²) in [5.74, 6) is 0. The van der Waals surface area contributed by atoms with Crippen LogP contribution in [-0.2, 0) is 6.04 Å². The zero-order chi connectivity index (χ0) is 14.0. The minimum absolute atomic E-state index is 1.16. The van der Waals surface area contributed by atoms with Crippen molar-refractivity contribution in [2.75, 3.05) is 5.33 Å². The summed E-state index contributed by atoms with van der Waals surface area (Å²) in [6.07, 6.45) is 8.21. The summed E-state index contributed by atoms with van der Waals surface area (Å²) in [6.45, 7) is 0. The van der Waals surface area contributed by atoms with Gasteiger partial charge in [0.05, 0.1) is 0 Å². The molecule has 0 saturated carbocycles. The van der Waals surface area contributed by atoms with Gasteiger partial charge in [0.1, 0.15) is 0 Å². The summed E-state index contributed by atoms with van der Waals surface area (Å²) in [5.41, 5.74) is 1.44. The molecule has 0 saturated heterocycles. The van der Waals surface area contributed by atoms with Gasteiger partial charge in [-0.1, -0.05) is 78.4 Å². The van der Waals surface area contributed by atoms with E-state index in [1.165, 1.54) is 56.2 Å². The number of halogens is 3. The average molecular weight is 471 g/mol. The van der Waals surface area contributed by atoms with E-state index in [2.05, 4.69) is 76.8 Å². The van der Waals surface area contributed by atoms with Gasteiger partial charge in [-0.25, -0.2) is 0 Å². The lowest BCUT2D eigenvalue weighted by Gasteiger charge is -2.17. The molecule has 108 valence electrons. The minimum atomic E-state index is -1.40. The first-order chi connectivity index (χ1) is 9.14. The van der Waals surface area contributed by atoms with E-state index >= 15 is 0 Å². The van der Waals surface area contributed by atoms with Crippen LogP contribution in [0.1, 0.15) is 44.1 Å². The Morgan fingerprint density at radius 2 is 1.37 bits per heavy atom. The van der Waals surface area contributed by atoms with E-state index in [0.29, 0.717) is 0 Å². The third-order valence-electron chi connectivity index (χ3n) is 3.23. The van der Waals surface area contributed by atoms with Crippen molar-refractivity contribution in [2.45, 2.75) is 50.6 Å². The zero-order valence-electron chi connectivity index (χ0n) is 11.4. The largest absolute Gasteiger partial charge is 0.205 e. The first-order valence-electron chi connectivity index (χ1n) is 7.12. The van der Waals surface area contributed by atoms with Gasteiger partial charge in [-0.05, 0) is 24.1 Å². The van der Waals surface area contributed by atoms with E-state index in [0.717, 1.165) is 5.33 Å². The molecule has 0 radical (unpaired) electrons. The van der Waals surface area contributed by atoms with Gasteiger partial charge in [-0.3, -0.25) is 0 Å². The van der Waals surface area contributed by atoms with E-state index < -0.39 is 5.31 Å². The zero-order valence-corrected chi connectivity index (χ0v) is 17.1. The predicted octanol–water partition coefficient (Wildman–Crippen LogP) is 6.74. The van der Waals surface area contributed by atoms with Gasteiger partial charge >= 0.3 is 0 Å².